The van der Waals surface area contributed by atoms with Crippen LogP contribution in [0.15, 0.2) is 12.5 Å². The Bertz CT molecular complexity index is 663. The summed E-state index contributed by atoms with van der Waals surface area (Å²) in [6.07, 6.45) is 3.98. The van der Waals surface area contributed by atoms with Crippen molar-refractivity contribution >= 4 is 15.9 Å². The van der Waals surface area contributed by atoms with Crippen molar-refractivity contribution in [2.24, 2.45) is 0 Å². The number of fused-ring (bicyclic) bond motifs is 1. The summed E-state index contributed by atoms with van der Waals surface area (Å²) in [5, 5.41) is 0.806. The van der Waals surface area contributed by atoms with Gasteiger partial charge in [0.25, 0.3) is 5.91 Å². The summed E-state index contributed by atoms with van der Waals surface area (Å²) in [5.74, 6) is -0.222. The highest BCUT2D eigenvalue weighted by Gasteiger charge is 2.39. The summed E-state index contributed by atoms with van der Waals surface area (Å²) < 4.78 is 28.0. The van der Waals surface area contributed by atoms with Gasteiger partial charge in [-0.05, 0) is 20.3 Å². The summed E-state index contributed by atoms with van der Waals surface area (Å²) in [6, 6.07) is -0.627. The molecular formula is C13H20N4O4S. The van der Waals surface area contributed by atoms with Crippen molar-refractivity contribution in [3.8, 4) is 0 Å². The van der Waals surface area contributed by atoms with E-state index in [-0.39, 0.29) is 19.0 Å². The minimum Gasteiger partial charge on any atom is -0.319 e. The third-order valence-electron chi connectivity index (χ3n) is 4.04. The zero-order chi connectivity index (χ0) is 15.9. The molecule has 0 saturated carbocycles. The number of rotatable bonds is 3. The monoisotopic (exact) mass is 328 g/mol. The Labute approximate surface area is 129 Å². The number of imidazole rings is 1. The third kappa shape index (κ3) is 2.53. The van der Waals surface area contributed by atoms with Crippen molar-refractivity contribution in [3.63, 3.8) is 0 Å². The van der Waals surface area contributed by atoms with Crippen LogP contribution in [-0.2, 0) is 26.2 Å². The highest BCUT2D eigenvalue weighted by Crippen LogP contribution is 2.27. The van der Waals surface area contributed by atoms with Gasteiger partial charge < -0.3 is 4.57 Å². The number of carbonyl (C=O) groups excluding carboxylic acids is 1. The third-order valence-corrected chi connectivity index (χ3v) is 6.23. The fourth-order valence-corrected chi connectivity index (χ4v) is 4.00. The smallest absolute Gasteiger partial charge is 0.270 e. The molecule has 0 spiro atoms. The molecule has 8 nitrogen and oxygen atoms in total. The van der Waals surface area contributed by atoms with Crippen LogP contribution in [-0.4, -0.2) is 58.2 Å². The molecule has 0 aromatic carbocycles. The second-order valence-electron chi connectivity index (χ2n) is 5.82. The van der Waals surface area contributed by atoms with Crippen LogP contribution in [0.3, 0.4) is 0 Å². The molecule has 3 rings (SSSR count). The molecule has 0 bridgehead atoms. The molecule has 1 saturated heterocycles. The maximum Gasteiger partial charge on any atom is 0.270 e. The second-order valence-corrected chi connectivity index (χ2v) is 8.31. The number of carbonyl (C=O) groups is 1. The van der Waals surface area contributed by atoms with Crippen molar-refractivity contribution < 1.29 is 18.0 Å². The zero-order valence-electron chi connectivity index (χ0n) is 12.7. The summed E-state index contributed by atoms with van der Waals surface area (Å²) in [7, 11) is -3.43. The van der Waals surface area contributed by atoms with Gasteiger partial charge in [-0.15, -0.1) is 0 Å². The van der Waals surface area contributed by atoms with Crippen LogP contribution in [0.4, 0.5) is 0 Å². The quantitative estimate of drug-likeness (QED) is 0.788. The van der Waals surface area contributed by atoms with E-state index < -0.39 is 21.3 Å². The predicted octanol–water partition coefficient (Wildman–Crippen LogP) is 0.142. The Morgan fingerprint density at radius 3 is 2.86 bits per heavy atom. The van der Waals surface area contributed by atoms with E-state index >= 15 is 0 Å². The van der Waals surface area contributed by atoms with Gasteiger partial charge in [0.2, 0.25) is 10.0 Å². The molecule has 0 radical (unpaired) electrons. The van der Waals surface area contributed by atoms with Crippen LogP contribution >= 0.6 is 0 Å². The molecule has 1 fully saturated rings. The fourth-order valence-electron chi connectivity index (χ4n) is 2.74. The average Bonchev–Trinajstić information content (AvgIpc) is 3.16. The van der Waals surface area contributed by atoms with E-state index in [0.29, 0.717) is 18.8 Å². The first-order chi connectivity index (χ1) is 10.4. The minimum absolute atomic E-state index is 0.114. The largest absolute Gasteiger partial charge is 0.319 e. The summed E-state index contributed by atoms with van der Waals surface area (Å²) >= 11 is 0. The molecule has 22 heavy (non-hydrogen) atoms. The molecule has 122 valence electrons. The van der Waals surface area contributed by atoms with Crippen molar-refractivity contribution in [1.29, 1.82) is 0 Å². The van der Waals surface area contributed by atoms with Crippen LogP contribution in [0.25, 0.3) is 0 Å². The van der Waals surface area contributed by atoms with E-state index in [9.17, 15) is 13.2 Å². The van der Waals surface area contributed by atoms with E-state index in [2.05, 4.69) is 4.98 Å². The van der Waals surface area contributed by atoms with Gasteiger partial charge in [-0.1, -0.05) is 0 Å². The lowest BCUT2D eigenvalue weighted by molar-refractivity contribution is -0.173. The van der Waals surface area contributed by atoms with Gasteiger partial charge >= 0.3 is 0 Å². The predicted molar refractivity (Wildman–Crippen MR) is 78.0 cm³/mol. The van der Waals surface area contributed by atoms with Gasteiger partial charge in [-0.2, -0.15) is 4.31 Å². The first-order valence-electron chi connectivity index (χ1n) is 7.35. The standard InChI is InChI=1S/C13H20N4O4S/c1-10(2)22(19,20)15-7-11-6-14-9-16(11)12(8-15)13(18)17-4-3-5-21-17/h6,9-10,12H,3-5,7-8H2,1-2H3/t12-/m0/s1. The van der Waals surface area contributed by atoms with Crippen molar-refractivity contribution in [3.05, 3.63) is 18.2 Å². The van der Waals surface area contributed by atoms with Crippen LogP contribution in [0.1, 0.15) is 32.0 Å². The van der Waals surface area contributed by atoms with Gasteiger partial charge in [0.05, 0.1) is 37.0 Å². The first kappa shape index (κ1) is 15.4. The number of hydrogen-bond acceptors (Lipinski definition) is 5. The van der Waals surface area contributed by atoms with Crippen molar-refractivity contribution in [2.75, 3.05) is 19.7 Å². The Balaban J connectivity index is 1.91. The molecule has 0 N–H and O–H groups in total. The summed E-state index contributed by atoms with van der Waals surface area (Å²) in [6.45, 7) is 4.69. The second kappa shape index (κ2) is 5.64. The van der Waals surface area contributed by atoms with Crippen LogP contribution in [0.2, 0.25) is 0 Å². The lowest BCUT2D eigenvalue weighted by atomic mass is 10.2. The fraction of sp³-hybridized carbons (Fsp3) is 0.692. The zero-order valence-corrected chi connectivity index (χ0v) is 13.5. The molecule has 2 aliphatic rings. The lowest BCUT2D eigenvalue weighted by Gasteiger charge is -2.35. The highest BCUT2D eigenvalue weighted by molar-refractivity contribution is 7.89. The number of sulfonamides is 1. The summed E-state index contributed by atoms with van der Waals surface area (Å²) in [4.78, 5) is 22.0. The molecule has 0 aliphatic carbocycles. The minimum atomic E-state index is -3.43. The normalized spacial score (nSPS) is 23.0. The van der Waals surface area contributed by atoms with E-state index in [1.165, 1.54) is 9.37 Å². The molecule has 9 heteroatoms. The van der Waals surface area contributed by atoms with Gasteiger partial charge in [0, 0.05) is 12.7 Å². The van der Waals surface area contributed by atoms with E-state index in [1.807, 2.05) is 0 Å². The maximum atomic E-state index is 12.6. The van der Waals surface area contributed by atoms with Crippen LogP contribution in [0, 0.1) is 0 Å². The lowest BCUT2D eigenvalue weighted by Crippen LogP contribution is -2.48. The SMILES string of the molecule is CC(C)S(=O)(=O)N1Cc2cncn2[C@H](C(=O)N2CCCO2)C1. The van der Waals surface area contributed by atoms with Crippen molar-refractivity contribution in [1.82, 2.24) is 18.9 Å². The number of hydrogen-bond donors (Lipinski definition) is 0. The highest BCUT2D eigenvalue weighted by atomic mass is 32.2. The molecule has 1 aromatic heterocycles. The molecule has 3 heterocycles. The van der Waals surface area contributed by atoms with Crippen LogP contribution < -0.4 is 0 Å². The maximum absolute atomic E-state index is 12.6. The number of amides is 1. The molecule has 1 aromatic rings. The van der Waals surface area contributed by atoms with Gasteiger partial charge in [0.1, 0.15) is 6.04 Å². The molecule has 0 unspecified atom stereocenters. The first-order valence-corrected chi connectivity index (χ1v) is 8.85. The Kier molecular flexibility index (Phi) is 3.96. The molecule has 2 aliphatic heterocycles. The topological polar surface area (TPSA) is 84.7 Å². The van der Waals surface area contributed by atoms with Gasteiger partial charge in [0.15, 0.2) is 0 Å². The summed E-state index contributed by atoms with van der Waals surface area (Å²) in [5.41, 5.74) is 0.716. The van der Waals surface area contributed by atoms with Crippen LogP contribution in [0.5, 0.6) is 0 Å². The molecule has 1 atom stereocenters. The Hall–Kier alpha value is -1.45. The Morgan fingerprint density at radius 1 is 1.45 bits per heavy atom. The van der Waals surface area contributed by atoms with E-state index in [0.717, 1.165) is 6.42 Å². The van der Waals surface area contributed by atoms with Gasteiger partial charge in [-0.3, -0.25) is 9.63 Å². The van der Waals surface area contributed by atoms with E-state index in [1.54, 1.807) is 30.9 Å². The molecule has 1 amide bonds. The number of aromatic nitrogens is 2. The number of nitrogens with zero attached hydrogens (tertiary/aromatic N) is 4. The van der Waals surface area contributed by atoms with Crippen molar-refractivity contribution in [2.45, 2.75) is 38.1 Å². The molecular weight excluding hydrogens is 308 g/mol. The Morgan fingerprint density at radius 2 is 2.23 bits per heavy atom. The number of hydroxylamine groups is 2. The van der Waals surface area contributed by atoms with E-state index in [4.69, 9.17) is 4.84 Å². The van der Waals surface area contributed by atoms with Gasteiger partial charge in [-0.25, -0.2) is 18.5 Å². The average molecular weight is 328 g/mol.